The third-order valence-electron chi connectivity index (χ3n) is 1.91. The number of likely N-dealkylation sites (N-methyl/N-ethyl adjacent to an activating group) is 1. The molecule has 0 aliphatic rings. The van der Waals surface area contributed by atoms with Gasteiger partial charge in [-0.15, -0.1) is 0 Å². The zero-order chi connectivity index (χ0) is 9.14. The summed E-state index contributed by atoms with van der Waals surface area (Å²) >= 11 is 0. The number of amides is 1. The number of carbonyl (C=O) groups excluding carboxylic acids is 1. The van der Waals surface area contributed by atoms with Crippen molar-refractivity contribution in [3.05, 3.63) is 18.2 Å². The van der Waals surface area contributed by atoms with Crippen molar-refractivity contribution in [2.75, 3.05) is 7.05 Å². The first-order valence-electron chi connectivity index (χ1n) is 3.88. The van der Waals surface area contributed by atoms with E-state index in [0.29, 0.717) is 0 Å². The molecular formula is C8H13N3O. The van der Waals surface area contributed by atoms with Crippen molar-refractivity contribution >= 4 is 5.91 Å². The largest absolute Gasteiger partial charge is 0.357 e. The topological polar surface area (TPSA) is 46.9 Å². The molecule has 0 saturated carbocycles. The van der Waals surface area contributed by atoms with Gasteiger partial charge in [-0.1, -0.05) is 0 Å². The van der Waals surface area contributed by atoms with Crippen LogP contribution < -0.4 is 5.32 Å². The first-order valence-corrected chi connectivity index (χ1v) is 3.88. The molecule has 1 heterocycles. The molecule has 1 unspecified atom stereocenters. The molecule has 0 saturated heterocycles. The van der Waals surface area contributed by atoms with Gasteiger partial charge in [0.25, 0.3) is 0 Å². The quantitative estimate of drug-likeness (QED) is 0.697. The molecule has 0 aromatic carbocycles. The summed E-state index contributed by atoms with van der Waals surface area (Å²) in [5, 5.41) is 2.59. The van der Waals surface area contributed by atoms with Gasteiger partial charge in [0.1, 0.15) is 11.9 Å². The molecule has 1 rings (SSSR count). The predicted molar refractivity (Wildman–Crippen MR) is 45.7 cm³/mol. The fourth-order valence-corrected chi connectivity index (χ4v) is 1.13. The molecule has 1 N–H and O–H groups in total. The third-order valence-corrected chi connectivity index (χ3v) is 1.91. The first kappa shape index (κ1) is 8.77. The highest BCUT2D eigenvalue weighted by Gasteiger charge is 2.13. The average Bonchev–Trinajstić information content (AvgIpc) is 2.48. The summed E-state index contributed by atoms with van der Waals surface area (Å²) in [5.74, 6) is 0.849. The molecule has 1 aromatic heterocycles. The van der Waals surface area contributed by atoms with Gasteiger partial charge in [-0.2, -0.15) is 0 Å². The van der Waals surface area contributed by atoms with Crippen molar-refractivity contribution in [3.63, 3.8) is 0 Å². The van der Waals surface area contributed by atoms with Crippen molar-refractivity contribution < 1.29 is 4.79 Å². The number of carbonyl (C=O) groups is 1. The molecule has 4 nitrogen and oxygen atoms in total. The lowest BCUT2D eigenvalue weighted by molar-refractivity contribution is -0.123. The lowest BCUT2D eigenvalue weighted by Crippen LogP contribution is -2.27. The van der Waals surface area contributed by atoms with Crippen LogP contribution in [0.1, 0.15) is 18.8 Å². The number of rotatable bonds is 2. The lowest BCUT2D eigenvalue weighted by Gasteiger charge is -2.12. The Morgan fingerprint density at radius 2 is 2.42 bits per heavy atom. The maximum absolute atomic E-state index is 11.2. The molecule has 66 valence electrons. The molecule has 0 aliphatic heterocycles. The Bertz CT molecular complexity index is 280. The van der Waals surface area contributed by atoms with Crippen LogP contribution in [0, 0.1) is 6.92 Å². The number of aromatic nitrogens is 2. The number of aryl methyl sites for hydroxylation is 1. The fourth-order valence-electron chi connectivity index (χ4n) is 1.13. The monoisotopic (exact) mass is 167 g/mol. The highest BCUT2D eigenvalue weighted by atomic mass is 16.2. The van der Waals surface area contributed by atoms with E-state index in [0.717, 1.165) is 5.82 Å². The van der Waals surface area contributed by atoms with Gasteiger partial charge in [-0.3, -0.25) is 4.79 Å². The Morgan fingerprint density at radius 1 is 1.75 bits per heavy atom. The van der Waals surface area contributed by atoms with Crippen LogP contribution in [0.3, 0.4) is 0 Å². The van der Waals surface area contributed by atoms with Gasteiger partial charge in [-0.25, -0.2) is 4.98 Å². The smallest absolute Gasteiger partial charge is 0.242 e. The van der Waals surface area contributed by atoms with Crippen LogP contribution in [-0.4, -0.2) is 22.5 Å². The lowest BCUT2D eigenvalue weighted by atomic mass is 10.3. The third kappa shape index (κ3) is 1.47. The molecule has 1 aromatic rings. The Hall–Kier alpha value is -1.32. The van der Waals surface area contributed by atoms with E-state index in [2.05, 4.69) is 10.3 Å². The van der Waals surface area contributed by atoms with Gasteiger partial charge < -0.3 is 9.88 Å². The van der Waals surface area contributed by atoms with E-state index in [4.69, 9.17) is 0 Å². The number of hydrogen-bond acceptors (Lipinski definition) is 2. The van der Waals surface area contributed by atoms with Crippen molar-refractivity contribution in [3.8, 4) is 0 Å². The van der Waals surface area contributed by atoms with Gasteiger partial charge in [-0.05, 0) is 13.8 Å². The van der Waals surface area contributed by atoms with Gasteiger partial charge in [0, 0.05) is 19.4 Å². The minimum Gasteiger partial charge on any atom is -0.357 e. The van der Waals surface area contributed by atoms with Gasteiger partial charge >= 0.3 is 0 Å². The van der Waals surface area contributed by atoms with E-state index >= 15 is 0 Å². The molecule has 0 fully saturated rings. The summed E-state index contributed by atoms with van der Waals surface area (Å²) < 4.78 is 1.83. The average molecular weight is 167 g/mol. The van der Waals surface area contributed by atoms with Crippen molar-refractivity contribution in [1.82, 2.24) is 14.9 Å². The second-order valence-corrected chi connectivity index (χ2v) is 2.67. The molecule has 0 spiro atoms. The second kappa shape index (κ2) is 3.38. The van der Waals surface area contributed by atoms with Gasteiger partial charge in [0.2, 0.25) is 5.91 Å². The minimum atomic E-state index is -0.183. The maximum atomic E-state index is 11.2. The zero-order valence-electron chi connectivity index (χ0n) is 7.53. The summed E-state index contributed by atoms with van der Waals surface area (Å²) in [6.07, 6.45) is 3.49. The Balaban J connectivity index is 2.84. The zero-order valence-corrected chi connectivity index (χ0v) is 7.53. The predicted octanol–water partition coefficient (Wildman–Crippen LogP) is 0.499. The van der Waals surface area contributed by atoms with E-state index in [1.807, 2.05) is 18.4 Å². The van der Waals surface area contributed by atoms with Crippen molar-refractivity contribution in [1.29, 1.82) is 0 Å². The van der Waals surface area contributed by atoms with Crippen LogP contribution in [0.4, 0.5) is 0 Å². The van der Waals surface area contributed by atoms with Crippen LogP contribution in [0.2, 0.25) is 0 Å². The minimum absolute atomic E-state index is 0.00361. The van der Waals surface area contributed by atoms with Gasteiger partial charge in [0.05, 0.1) is 0 Å². The second-order valence-electron chi connectivity index (χ2n) is 2.67. The normalized spacial score (nSPS) is 12.6. The molecule has 0 radical (unpaired) electrons. The highest BCUT2D eigenvalue weighted by molar-refractivity contribution is 5.79. The molecule has 4 heteroatoms. The van der Waals surface area contributed by atoms with E-state index in [-0.39, 0.29) is 11.9 Å². The van der Waals surface area contributed by atoms with Crippen molar-refractivity contribution in [2.45, 2.75) is 19.9 Å². The number of nitrogens with zero attached hydrogens (tertiary/aromatic N) is 2. The summed E-state index contributed by atoms with van der Waals surface area (Å²) in [4.78, 5) is 15.2. The van der Waals surface area contributed by atoms with Crippen LogP contribution in [0.25, 0.3) is 0 Å². The Morgan fingerprint density at radius 3 is 2.83 bits per heavy atom. The van der Waals surface area contributed by atoms with Crippen LogP contribution in [0.15, 0.2) is 12.4 Å². The SMILES string of the molecule is CNC(=O)C(C)n1ccnc1C. The van der Waals surface area contributed by atoms with E-state index in [9.17, 15) is 4.79 Å². The van der Waals surface area contributed by atoms with E-state index in [1.165, 1.54) is 0 Å². The molecule has 1 atom stereocenters. The van der Waals surface area contributed by atoms with E-state index < -0.39 is 0 Å². The van der Waals surface area contributed by atoms with Crippen LogP contribution in [0.5, 0.6) is 0 Å². The summed E-state index contributed by atoms with van der Waals surface area (Å²) in [7, 11) is 1.63. The Kier molecular flexibility index (Phi) is 2.47. The first-order chi connectivity index (χ1) is 5.66. The fraction of sp³-hybridized carbons (Fsp3) is 0.500. The Labute approximate surface area is 71.6 Å². The molecule has 12 heavy (non-hydrogen) atoms. The molecule has 0 bridgehead atoms. The molecule has 1 amide bonds. The summed E-state index contributed by atoms with van der Waals surface area (Å²) in [5.41, 5.74) is 0. The number of nitrogens with one attached hydrogen (secondary N) is 1. The molecule has 0 aliphatic carbocycles. The number of imidazole rings is 1. The standard InChI is InChI=1S/C8H13N3O/c1-6(8(12)9-3)11-5-4-10-7(11)2/h4-6H,1-3H3,(H,9,12). The highest BCUT2D eigenvalue weighted by Crippen LogP contribution is 2.07. The number of hydrogen-bond donors (Lipinski definition) is 1. The van der Waals surface area contributed by atoms with E-state index in [1.54, 1.807) is 19.4 Å². The summed E-state index contributed by atoms with van der Waals surface area (Å²) in [6, 6.07) is -0.183. The van der Waals surface area contributed by atoms with Crippen molar-refractivity contribution in [2.24, 2.45) is 0 Å². The maximum Gasteiger partial charge on any atom is 0.242 e. The summed E-state index contributed by atoms with van der Waals surface area (Å²) in [6.45, 7) is 3.72. The van der Waals surface area contributed by atoms with Crippen LogP contribution >= 0.6 is 0 Å². The molecular weight excluding hydrogens is 154 g/mol. The van der Waals surface area contributed by atoms with Crippen LogP contribution in [-0.2, 0) is 4.79 Å². The van der Waals surface area contributed by atoms with Gasteiger partial charge in [0.15, 0.2) is 0 Å².